The lowest BCUT2D eigenvalue weighted by Gasteiger charge is -2.42. The van der Waals surface area contributed by atoms with Crippen molar-refractivity contribution in [2.24, 2.45) is 5.92 Å². The van der Waals surface area contributed by atoms with Crippen LogP contribution in [0, 0.1) is 5.92 Å². The number of benzene rings is 1. The lowest BCUT2D eigenvalue weighted by atomic mass is 9.91. The summed E-state index contributed by atoms with van der Waals surface area (Å²) in [4.78, 5) is 25.1. The zero-order valence-corrected chi connectivity index (χ0v) is 17.6. The summed E-state index contributed by atoms with van der Waals surface area (Å²) in [6, 6.07) is 9.48. The SMILES string of the molecule is C[C@@H](O[Si](C)(C)C(C)(C)C)[C@H]1C(=O)N/C1=C\C(=O)Sc1ccccc1. The highest BCUT2D eigenvalue weighted by Crippen LogP contribution is 2.39. The molecule has 4 nitrogen and oxygen atoms in total. The molecule has 0 bridgehead atoms. The van der Waals surface area contributed by atoms with Crippen LogP contribution in [0.25, 0.3) is 0 Å². The minimum atomic E-state index is -1.97. The van der Waals surface area contributed by atoms with Gasteiger partial charge in [0.05, 0.1) is 6.10 Å². The maximum absolute atomic E-state index is 12.2. The third-order valence-electron chi connectivity index (χ3n) is 4.88. The molecule has 6 heteroatoms. The molecular weight excluding hydrogens is 350 g/mol. The van der Waals surface area contributed by atoms with Gasteiger partial charge < -0.3 is 9.74 Å². The molecule has 0 spiro atoms. The fraction of sp³-hybridized carbons (Fsp3) is 0.474. The standard InChI is InChI=1S/C19H27NO3SSi/c1-13(23-25(5,6)19(2,3)4)17-15(20-18(17)22)12-16(21)24-14-10-8-7-9-11-14/h7-13,17H,1-6H3,(H,20,22)/b15-12-/t13-,17-/m1/s1. The van der Waals surface area contributed by atoms with E-state index in [1.54, 1.807) is 0 Å². The van der Waals surface area contributed by atoms with E-state index in [-0.39, 0.29) is 28.1 Å². The molecular formula is C19H27NO3SSi. The third kappa shape index (κ3) is 4.83. The maximum atomic E-state index is 12.2. The van der Waals surface area contributed by atoms with Crippen molar-refractivity contribution in [1.29, 1.82) is 0 Å². The van der Waals surface area contributed by atoms with Crippen molar-refractivity contribution in [2.75, 3.05) is 0 Å². The molecule has 1 aliphatic heterocycles. The largest absolute Gasteiger partial charge is 0.413 e. The number of amides is 1. The van der Waals surface area contributed by atoms with Crippen molar-refractivity contribution in [2.45, 2.75) is 56.8 Å². The molecule has 1 fully saturated rings. The van der Waals surface area contributed by atoms with Crippen molar-refractivity contribution in [3.63, 3.8) is 0 Å². The molecule has 1 aromatic carbocycles. The van der Waals surface area contributed by atoms with Gasteiger partial charge in [-0.1, -0.05) is 39.0 Å². The Hall–Kier alpha value is -1.37. The van der Waals surface area contributed by atoms with Gasteiger partial charge in [0, 0.05) is 16.7 Å². The Labute approximate surface area is 155 Å². The molecule has 1 heterocycles. The Morgan fingerprint density at radius 1 is 1.28 bits per heavy atom. The van der Waals surface area contributed by atoms with E-state index in [9.17, 15) is 9.59 Å². The summed E-state index contributed by atoms with van der Waals surface area (Å²) in [5, 5.41) is 2.72. The summed E-state index contributed by atoms with van der Waals surface area (Å²) < 4.78 is 6.33. The van der Waals surface area contributed by atoms with Gasteiger partial charge in [0.15, 0.2) is 8.32 Å². The quantitative estimate of drug-likeness (QED) is 0.359. The monoisotopic (exact) mass is 377 g/mol. The molecule has 1 aliphatic rings. The highest BCUT2D eigenvalue weighted by molar-refractivity contribution is 8.14. The molecule has 1 amide bonds. The molecule has 136 valence electrons. The van der Waals surface area contributed by atoms with Crippen LogP contribution < -0.4 is 5.32 Å². The van der Waals surface area contributed by atoms with Crippen molar-refractivity contribution in [1.82, 2.24) is 5.32 Å². The van der Waals surface area contributed by atoms with Crippen LogP contribution in [0.5, 0.6) is 0 Å². The lowest BCUT2D eigenvalue weighted by Crippen LogP contribution is -2.55. The molecule has 1 aromatic rings. The molecule has 1 N–H and O–H groups in total. The third-order valence-corrected chi connectivity index (χ3v) is 10.3. The summed E-state index contributed by atoms with van der Waals surface area (Å²) in [7, 11) is -1.97. The van der Waals surface area contributed by atoms with Gasteiger partial charge in [-0.2, -0.15) is 0 Å². The highest BCUT2D eigenvalue weighted by Gasteiger charge is 2.45. The van der Waals surface area contributed by atoms with Crippen LogP contribution in [0.4, 0.5) is 0 Å². The van der Waals surface area contributed by atoms with Crippen LogP contribution in [0.2, 0.25) is 18.1 Å². The van der Waals surface area contributed by atoms with Crippen LogP contribution in [-0.2, 0) is 14.0 Å². The van der Waals surface area contributed by atoms with E-state index in [1.165, 1.54) is 6.08 Å². The normalized spacial score (nSPS) is 20.8. The summed E-state index contributed by atoms with van der Waals surface area (Å²) in [6.45, 7) is 12.8. The number of hydrogen-bond donors (Lipinski definition) is 1. The molecule has 0 saturated carbocycles. The topological polar surface area (TPSA) is 55.4 Å². The second kappa shape index (κ2) is 7.48. The van der Waals surface area contributed by atoms with Gasteiger partial charge in [-0.3, -0.25) is 9.59 Å². The minimum Gasteiger partial charge on any atom is -0.413 e. The predicted molar refractivity (Wildman–Crippen MR) is 105 cm³/mol. The van der Waals surface area contributed by atoms with Crippen molar-refractivity contribution >= 4 is 31.1 Å². The van der Waals surface area contributed by atoms with Gasteiger partial charge in [-0.15, -0.1) is 0 Å². The van der Waals surface area contributed by atoms with Crippen LogP contribution >= 0.6 is 11.8 Å². The zero-order valence-electron chi connectivity index (χ0n) is 15.8. The van der Waals surface area contributed by atoms with Gasteiger partial charge in [0.2, 0.25) is 11.0 Å². The lowest BCUT2D eigenvalue weighted by molar-refractivity contribution is -0.131. The van der Waals surface area contributed by atoms with Gasteiger partial charge in [0.25, 0.3) is 0 Å². The van der Waals surface area contributed by atoms with Crippen LogP contribution in [0.3, 0.4) is 0 Å². The number of thioether (sulfide) groups is 1. The van der Waals surface area contributed by atoms with E-state index in [0.29, 0.717) is 5.70 Å². The van der Waals surface area contributed by atoms with Gasteiger partial charge >= 0.3 is 0 Å². The maximum Gasteiger partial charge on any atom is 0.235 e. The average molecular weight is 378 g/mol. The zero-order chi connectivity index (χ0) is 18.8. The average Bonchev–Trinajstić information content (AvgIpc) is 2.45. The van der Waals surface area contributed by atoms with Crippen LogP contribution in [0.1, 0.15) is 27.7 Å². The first-order valence-electron chi connectivity index (χ1n) is 8.48. The Kier molecular flexibility index (Phi) is 5.96. The molecule has 2 rings (SSSR count). The summed E-state index contributed by atoms with van der Waals surface area (Å²) in [5.41, 5.74) is 0.657. The van der Waals surface area contributed by atoms with Gasteiger partial charge in [-0.25, -0.2) is 0 Å². The second-order valence-electron chi connectivity index (χ2n) is 7.88. The molecule has 1 saturated heterocycles. The second-order valence-corrected chi connectivity index (χ2v) is 13.7. The number of hydrogen-bond acceptors (Lipinski definition) is 4. The fourth-order valence-electron chi connectivity index (χ4n) is 2.42. The van der Waals surface area contributed by atoms with Crippen molar-refractivity contribution < 1.29 is 14.0 Å². The number of nitrogens with one attached hydrogen (secondary N) is 1. The first-order chi connectivity index (χ1) is 11.5. The summed E-state index contributed by atoms with van der Waals surface area (Å²) >= 11 is 1.15. The molecule has 0 aliphatic carbocycles. The number of β-lactam (4-membered cyclic amide) rings is 1. The van der Waals surface area contributed by atoms with E-state index in [0.717, 1.165) is 16.7 Å². The van der Waals surface area contributed by atoms with Crippen LogP contribution in [-0.4, -0.2) is 25.4 Å². The number of carbonyl (C=O) groups is 2. The molecule has 0 aromatic heterocycles. The first-order valence-corrected chi connectivity index (χ1v) is 12.2. The van der Waals surface area contributed by atoms with Crippen molar-refractivity contribution in [3.05, 3.63) is 42.1 Å². The summed E-state index contributed by atoms with van der Waals surface area (Å²) in [5.74, 6) is -0.454. The van der Waals surface area contributed by atoms with Crippen LogP contribution in [0.15, 0.2) is 47.0 Å². The van der Waals surface area contributed by atoms with Gasteiger partial charge in [-0.05, 0) is 49.0 Å². The predicted octanol–water partition coefficient (Wildman–Crippen LogP) is 4.35. The van der Waals surface area contributed by atoms with E-state index >= 15 is 0 Å². The Bertz CT molecular complexity index is 680. The molecule has 2 atom stereocenters. The Morgan fingerprint density at radius 2 is 1.88 bits per heavy atom. The molecule has 25 heavy (non-hydrogen) atoms. The Balaban J connectivity index is 2.05. The number of rotatable bonds is 5. The van der Waals surface area contributed by atoms with E-state index in [2.05, 4.69) is 39.2 Å². The highest BCUT2D eigenvalue weighted by atomic mass is 32.2. The van der Waals surface area contributed by atoms with E-state index in [4.69, 9.17) is 4.43 Å². The molecule has 0 radical (unpaired) electrons. The summed E-state index contributed by atoms with van der Waals surface area (Å²) in [6.07, 6.45) is 1.28. The van der Waals surface area contributed by atoms with Crippen molar-refractivity contribution in [3.8, 4) is 0 Å². The fourth-order valence-corrected chi connectivity index (χ4v) is 4.55. The molecule has 0 unspecified atom stereocenters. The minimum absolute atomic E-state index is 0.0738. The van der Waals surface area contributed by atoms with E-state index < -0.39 is 8.32 Å². The Morgan fingerprint density at radius 3 is 2.40 bits per heavy atom. The smallest absolute Gasteiger partial charge is 0.235 e. The van der Waals surface area contributed by atoms with Gasteiger partial charge in [0.1, 0.15) is 5.92 Å². The number of carbonyl (C=O) groups excluding carboxylic acids is 2. The first kappa shape index (κ1) is 19.9. The van der Waals surface area contributed by atoms with E-state index in [1.807, 2.05) is 37.3 Å².